The molecule has 6 rings (SSSR count). The molecular formula is C31H36O4. The zero-order valence-electron chi connectivity index (χ0n) is 20.7. The van der Waals surface area contributed by atoms with Crippen LogP contribution in [0.2, 0.25) is 0 Å². The average molecular weight is 473 g/mol. The third-order valence-electron chi connectivity index (χ3n) is 7.83. The molecular weight excluding hydrogens is 436 g/mol. The van der Waals surface area contributed by atoms with Crippen LogP contribution in [0.1, 0.15) is 74.5 Å². The van der Waals surface area contributed by atoms with Gasteiger partial charge in [0.2, 0.25) is 0 Å². The second kappa shape index (κ2) is 10.2. The predicted molar refractivity (Wildman–Crippen MR) is 139 cm³/mol. The van der Waals surface area contributed by atoms with Crippen molar-refractivity contribution in [2.75, 3.05) is 19.8 Å². The van der Waals surface area contributed by atoms with E-state index < -0.39 is 0 Å². The van der Waals surface area contributed by atoms with Gasteiger partial charge in [-0.2, -0.15) is 0 Å². The van der Waals surface area contributed by atoms with E-state index >= 15 is 0 Å². The summed E-state index contributed by atoms with van der Waals surface area (Å²) in [4.78, 5) is 0. The van der Waals surface area contributed by atoms with E-state index in [1.807, 2.05) is 0 Å². The Hall–Kier alpha value is -2.56. The Morgan fingerprint density at radius 3 is 2.20 bits per heavy atom. The molecule has 2 heterocycles. The second-order valence-corrected chi connectivity index (χ2v) is 10.5. The molecule has 0 N–H and O–H groups in total. The van der Waals surface area contributed by atoms with Gasteiger partial charge in [0.05, 0.1) is 13.2 Å². The van der Waals surface area contributed by atoms with Gasteiger partial charge in [-0.15, -0.1) is 0 Å². The van der Waals surface area contributed by atoms with E-state index in [0.717, 1.165) is 37.6 Å². The van der Waals surface area contributed by atoms with Crippen LogP contribution in [-0.2, 0) is 9.47 Å². The van der Waals surface area contributed by atoms with Gasteiger partial charge in [-0.25, -0.2) is 0 Å². The van der Waals surface area contributed by atoms with Crippen molar-refractivity contribution in [3.8, 4) is 11.5 Å². The fraction of sp³-hybridized carbons (Fsp3) is 0.484. The molecule has 3 atom stereocenters. The van der Waals surface area contributed by atoms with Gasteiger partial charge in [0, 0.05) is 0 Å². The molecule has 4 aliphatic rings. The minimum atomic E-state index is 0.112. The molecule has 2 aromatic rings. The van der Waals surface area contributed by atoms with Crippen LogP contribution in [-0.4, -0.2) is 38.1 Å². The molecule has 3 unspecified atom stereocenters. The van der Waals surface area contributed by atoms with Crippen LogP contribution in [0.25, 0.3) is 11.1 Å². The van der Waals surface area contributed by atoms with Crippen molar-refractivity contribution in [2.45, 2.75) is 76.1 Å². The minimum Gasteiger partial charge on any atom is -0.491 e. The van der Waals surface area contributed by atoms with Gasteiger partial charge in [0.1, 0.15) is 36.4 Å². The first-order valence-corrected chi connectivity index (χ1v) is 13.4. The van der Waals surface area contributed by atoms with Gasteiger partial charge in [0.25, 0.3) is 0 Å². The van der Waals surface area contributed by atoms with Crippen molar-refractivity contribution < 1.29 is 18.9 Å². The maximum atomic E-state index is 6.41. The Labute approximate surface area is 208 Å². The molecule has 2 aliphatic heterocycles. The largest absolute Gasteiger partial charge is 0.491 e. The number of benzene rings is 2. The molecule has 0 bridgehead atoms. The summed E-state index contributed by atoms with van der Waals surface area (Å²) in [5.74, 6) is 2.58. The van der Waals surface area contributed by atoms with E-state index in [1.54, 1.807) is 0 Å². The topological polar surface area (TPSA) is 43.5 Å². The third kappa shape index (κ3) is 5.65. The molecule has 2 aromatic carbocycles. The van der Waals surface area contributed by atoms with Gasteiger partial charge in [0.15, 0.2) is 0 Å². The number of hydrogen-bond donors (Lipinski definition) is 0. The Bertz CT molecular complexity index is 1090. The monoisotopic (exact) mass is 472 g/mol. The van der Waals surface area contributed by atoms with Crippen LogP contribution < -0.4 is 9.47 Å². The minimum absolute atomic E-state index is 0.112. The molecule has 4 nitrogen and oxygen atoms in total. The highest BCUT2D eigenvalue weighted by Gasteiger charge is 2.32. The lowest BCUT2D eigenvalue weighted by molar-refractivity contribution is 0.173. The summed E-state index contributed by atoms with van der Waals surface area (Å²) in [7, 11) is 0. The molecule has 3 fully saturated rings. The summed E-state index contributed by atoms with van der Waals surface area (Å²) >= 11 is 0. The predicted octanol–water partition coefficient (Wildman–Crippen LogP) is 6.94. The molecule has 0 radical (unpaired) electrons. The van der Waals surface area contributed by atoms with Gasteiger partial charge in [-0.05, 0) is 90.6 Å². The lowest BCUT2D eigenvalue weighted by atomic mass is 9.82. The number of epoxide rings is 2. The smallest absolute Gasteiger partial charge is 0.124 e. The zero-order chi connectivity index (χ0) is 23.6. The molecule has 35 heavy (non-hydrogen) atoms. The zero-order valence-corrected chi connectivity index (χ0v) is 20.7. The SMILES string of the molecule is CC(Oc1ccc(C2=CC=C(c3ccc(OCC4CO4)cc3)CC2)cc1C1CCCCC1)C1CO1. The van der Waals surface area contributed by atoms with E-state index in [4.69, 9.17) is 18.9 Å². The Balaban J connectivity index is 1.19. The normalized spacial score (nSPS) is 24.8. The summed E-state index contributed by atoms with van der Waals surface area (Å²) < 4.78 is 22.9. The fourth-order valence-electron chi connectivity index (χ4n) is 5.43. The van der Waals surface area contributed by atoms with Gasteiger partial charge in [-0.1, -0.05) is 49.6 Å². The molecule has 2 aliphatic carbocycles. The quantitative estimate of drug-likeness (QED) is 0.371. The van der Waals surface area contributed by atoms with Crippen molar-refractivity contribution in [1.82, 2.24) is 0 Å². The van der Waals surface area contributed by atoms with Crippen molar-refractivity contribution in [3.05, 3.63) is 71.3 Å². The molecule has 4 heteroatoms. The molecule has 0 spiro atoms. The van der Waals surface area contributed by atoms with Gasteiger partial charge in [-0.3, -0.25) is 0 Å². The summed E-state index contributed by atoms with van der Waals surface area (Å²) in [6.45, 7) is 4.43. The van der Waals surface area contributed by atoms with E-state index in [9.17, 15) is 0 Å². The number of rotatable bonds is 9. The standard InChI is InChI=1S/C31H36O4/c1-21(31-20-34-31)35-30-16-13-26(17-29(30)25-5-3-2-4-6-25)24-9-7-22(8-10-24)23-11-14-27(15-12-23)32-18-28-19-33-28/h7,9,11-17,21,25,28,31H,2-6,8,10,18-20H2,1H3. The Morgan fingerprint density at radius 1 is 0.857 bits per heavy atom. The fourth-order valence-corrected chi connectivity index (χ4v) is 5.43. The highest BCUT2D eigenvalue weighted by Crippen LogP contribution is 2.41. The van der Waals surface area contributed by atoms with E-state index in [2.05, 4.69) is 61.5 Å². The average Bonchev–Trinajstić information content (AvgIpc) is 3.83. The first kappa shape index (κ1) is 22.9. The second-order valence-electron chi connectivity index (χ2n) is 10.5. The first-order chi connectivity index (χ1) is 17.2. The lowest BCUT2D eigenvalue weighted by Gasteiger charge is -2.26. The summed E-state index contributed by atoms with van der Waals surface area (Å²) in [5, 5.41) is 0. The summed E-state index contributed by atoms with van der Waals surface area (Å²) in [5.41, 5.74) is 6.82. The van der Waals surface area contributed by atoms with Crippen molar-refractivity contribution in [1.29, 1.82) is 0 Å². The maximum Gasteiger partial charge on any atom is 0.124 e. The van der Waals surface area contributed by atoms with Gasteiger partial charge < -0.3 is 18.9 Å². The third-order valence-corrected chi connectivity index (χ3v) is 7.83. The highest BCUT2D eigenvalue weighted by molar-refractivity contribution is 5.78. The van der Waals surface area contributed by atoms with Crippen LogP contribution in [0.3, 0.4) is 0 Å². The van der Waals surface area contributed by atoms with E-state index in [-0.39, 0.29) is 18.3 Å². The Morgan fingerprint density at radius 2 is 1.54 bits per heavy atom. The van der Waals surface area contributed by atoms with Crippen LogP contribution in [0.4, 0.5) is 0 Å². The van der Waals surface area contributed by atoms with Crippen LogP contribution in [0, 0.1) is 0 Å². The molecule has 1 saturated carbocycles. The summed E-state index contributed by atoms with van der Waals surface area (Å²) in [6.07, 6.45) is 13.9. The van der Waals surface area contributed by atoms with Crippen molar-refractivity contribution in [3.63, 3.8) is 0 Å². The first-order valence-electron chi connectivity index (χ1n) is 13.4. The summed E-state index contributed by atoms with van der Waals surface area (Å²) in [6, 6.07) is 15.4. The number of ether oxygens (including phenoxy) is 4. The lowest BCUT2D eigenvalue weighted by Crippen LogP contribution is -2.20. The van der Waals surface area contributed by atoms with E-state index in [0.29, 0.717) is 12.5 Å². The number of hydrogen-bond acceptors (Lipinski definition) is 4. The molecule has 2 saturated heterocycles. The maximum absolute atomic E-state index is 6.41. The van der Waals surface area contributed by atoms with Crippen LogP contribution in [0.5, 0.6) is 11.5 Å². The van der Waals surface area contributed by atoms with Crippen molar-refractivity contribution in [2.24, 2.45) is 0 Å². The van der Waals surface area contributed by atoms with E-state index in [1.165, 1.54) is 59.9 Å². The highest BCUT2D eigenvalue weighted by atomic mass is 16.6. The number of allylic oxidation sites excluding steroid dienone is 4. The molecule has 0 aromatic heterocycles. The molecule has 184 valence electrons. The van der Waals surface area contributed by atoms with Crippen LogP contribution >= 0.6 is 0 Å². The van der Waals surface area contributed by atoms with Gasteiger partial charge >= 0.3 is 0 Å². The van der Waals surface area contributed by atoms with Crippen LogP contribution in [0.15, 0.2) is 54.6 Å². The molecule has 0 amide bonds. The Kier molecular flexibility index (Phi) is 6.67. The van der Waals surface area contributed by atoms with Crippen molar-refractivity contribution >= 4 is 11.1 Å².